The predicted octanol–water partition coefficient (Wildman–Crippen LogP) is 1.78. The fourth-order valence-electron chi connectivity index (χ4n) is 2.41. The molecular weight excluding hydrogens is 254 g/mol. The maximum Gasteiger partial charge on any atom is 0.292 e. The van der Waals surface area contributed by atoms with Gasteiger partial charge in [-0.15, -0.1) is 0 Å². The summed E-state index contributed by atoms with van der Waals surface area (Å²) in [5.41, 5.74) is 1.64. The summed E-state index contributed by atoms with van der Waals surface area (Å²) in [7, 11) is 0. The predicted molar refractivity (Wildman–Crippen MR) is 75.3 cm³/mol. The van der Waals surface area contributed by atoms with E-state index in [4.69, 9.17) is 4.52 Å². The molecule has 2 aromatic rings. The number of carbonyl (C=O) groups excluding carboxylic acids is 1. The SMILES string of the molecule is C[C@H]1CNCCN1C(=O)c1cc(-c2ccccc2)no1. The molecule has 1 aliphatic rings. The van der Waals surface area contributed by atoms with Gasteiger partial charge in [0.1, 0.15) is 5.69 Å². The Labute approximate surface area is 117 Å². The number of amides is 1. The summed E-state index contributed by atoms with van der Waals surface area (Å²) in [6.45, 7) is 4.35. The standard InChI is InChI=1S/C15H17N3O2/c1-11-10-16-7-8-18(11)15(19)14-9-13(17-20-14)12-5-3-2-4-6-12/h2-6,9,11,16H,7-8,10H2,1H3/t11-/m0/s1. The normalized spacial score (nSPS) is 19.1. The Morgan fingerprint density at radius 3 is 2.95 bits per heavy atom. The van der Waals surface area contributed by atoms with E-state index in [-0.39, 0.29) is 11.9 Å². The van der Waals surface area contributed by atoms with Gasteiger partial charge < -0.3 is 14.7 Å². The van der Waals surface area contributed by atoms with Crippen LogP contribution in [-0.4, -0.2) is 41.6 Å². The second kappa shape index (κ2) is 5.46. The molecule has 0 radical (unpaired) electrons. The molecule has 5 nitrogen and oxygen atoms in total. The molecule has 1 amide bonds. The van der Waals surface area contributed by atoms with Gasteiger partial charge in [0.25, 0.3) is 5.91 Å². The number of rotatable bonds is 2. The Morgan fingerprint density at radius 1 is 1.40 bits per heavy atom. The third-order valence-electron chi connectivity index (χ3n) is 3.55. The molecule has 0 unspecified atom stereocenters. The van der Waals surface area contributed by atoms with Crippen LogP contribution in [0.25, 0.3) is 11.3 Å². The number of benzene rings is 1. The van der Waals surface area contributed by atoms with Crippen molar-refractivity contribution in [1.82, 2.24) is 15.4 Å². The molecule has 20 heavy (non-hydrogen) atoms. The Kier molecular flexibility index (Phi) is 3.52. The lowest BCUT2D eigenvalue weighted by molar-refractivity contribution is 0.0613. The molecule has 1 aliphatic heterocycles. The number of aromatic nitrogens is 1. The van der Waals surface area contributed by atoms with Crippen molar-refractivity contribution in [2.45, 2.75) is 13.0 Å². The number of piperazine rings is 1. The Bertz CT molecular complexity index is 594. The van der Waals surface area contributed by atoms with E-state index in [0.29, 0.717) is 18.0 Å². The Balaban J connectivity index is 1.81. The monoisotopic (exact) mass is 271 g/mol. The molecule has 0 bridgehead atoms. The lowest BCUT2D eigenvalue weighted by atomic mass is 10.1. The van der Waals surface area contributed by atoms with E-state index in [1.54, 1.807) is 6.07 Å². The first kappa shape index (κ1) is 12.9. The summed E-state index contributed by atoms with van der Waals surface area (Å²) in [4.78, 5) is 14.2. The van der Waals surface area contributed by atoms with Crippen molar-refractivity contribution in [2.24, 2.45) is 0 Å². The van der Waals surface area contributed by atoms with E-state index < -0.39 is 0 Å². The smallest absolute Gasteiger partial charge is 0.292 e. The minimum atomic E-state index is -0.0892. The van der Waals surface area contributed by atoms with Crippen molar-refractivity contribution in [2.75, 3.05) is 19.6 Å². The van der Waals surface area contributed by atoms with E-state index in [9.17, 15) is 4.79 Å². The molecule has 1 aromatic heterocycles. The fourth-order valence-corrected chi connectivity index (χ4v) is 2.41. The zero-order valence-corrected chi connectivity index (χ0v) is 11.4. The van der Waals surface area contributed by atoms with Gasteiger partial charge in [-0.3, -0.25) is 4.79 Å². The van der Waals surface area contributed by atoms with Crippen LogP contribution in [0.1, 0.15) is 17.5 Å². The number of nitrogens with zero attached hydrogens (tertiary/aromatic N) is 2. The highest BCUT2D eigenvalue weighted by molar-refractivity contribution is 5.92. The summed E-state index contributed by atoms with van der Waals surface area (Å²) in [5.74, 6) is 0.214. The molecule has 1 N–H and O–H groups in total. The van der Waals surface area contributed by atoms with Crippen LogP contribution in [0, 0.1) is 0 Å². The van der Waals surface area contributed by atoms with E-state index in [2.05, 4.69) is 10.5 Å². The van der Waals surface area contributed by atoms with Crippen LogP contribution in [0.5, 0.6) is 0 Å². The van der Waals surface area contributed by atoms with E-state index in [0.717, 1.165) is 18.7 Å². The lowest BCUT2D eigenvalue weighted by Crippen LogP contribution is -2.52. The summed E-state index contributed by atoms with van der Waals surface area (Å²) in [6, 6.07) is 11.6. The minimum Gasteiger partial charge on any atom is -0.350 e. The number of hydrogen-bond donors (Lipinski definition) is 1. The van der Waals surface area contributed by atoms with E-state index in [1.807, 2.05) is 42.2 Å². The van der Waals surface area contributed by atoms with Crippen LogP contribution in [-0.2, 0) is 0 Å². The van der Waals surface area contributed by atoms with E-state index >= 15 is 0 Å². The minimum absolute atomic E-state index is 0.0892. The molecule has 1 saturated heterocycles. The van der Waals surface area contributed by atoms with Gasteiger partial charge in [0, 0.05) is 37.3 Å². The van der Waals surface area contributed by atoms with Crippen LogP contribution in [0.15, 0.2) is 40.9 Å². The van der Waals surface area contributed by atoms with Crippen molar-refractivity contribution in [1.29, 1.82) is 0 Å². The van der Waals surface area contributed by atoms with Crippen LogP contribution < -0.4 is 5.32 Å². The first-order chi connectivity index (χ1) is 9.75. The average Bonchev–Trinajstić information content (AvgIpc) is 2.98. The molecule has 0 spiro atoms. The highest BCUT2D eigenvalue weighted by Gasteiger charge is 2.26. The fraction of sp³-hybridized carbons (Fsp3) is 0.333. The van der Waals surface area contributed by atoms with Gasteiger partial charge in [-0.25, -0.2) is 0 Å². The molecule has 0 saturated carbocycles. The van der Waals surface area contributed by atoms with Crippen molar-refractivity contribution in [3.63, 3.8) is 0 Å². The molecule has 1 atom stereocenters. The van der Waals surface area contributed by atoms with E-state index in [1.165, 1.54) is 0 Å². The molecule has 1 aromatic carbocycles. The van der Waals surface area contributed by atoms with Crippen molar-refractivity contribution < 1.29 is 9.32 Å². The number of nitrogens with one attached hydrogen (secondary N) is 1. The maximum atomic E-state index is 12.4. The average molecular weight is 271 g/mol. The second-order valence-corrected chi connectivity index (χ2v) is 4.99. The van der Waals surface area contributed by atoms with Gasteiger partial charge in [-0.1, -0.05) is 35.5 Å². The summed E-state index contributed by atoms with van der Waals surface area (Å²) in [5, 5.41) is 7.25. The maximum absolute atomic E-state index is 12.4. The quantitative estimate of drug-likeness (QED) is 0.904. The van der Waals surface area contributed by atoms with Crippen molar-refractivity contribution >= 4 is 5.91 Å². The molecule has 104 valence electrons. The van der Waals surface area contributed by atoms with Crippen LogP contribution in [0.2, 0.25) is 0 Å². The highest BCUT2D eigenvalue weighted by Crippen LogP contribution is 2.20. The molecule has 5 heteroatoms. The first-order valence-electron chi connectivity index (χ1n) is 6.79. The van der Waals surface area contributed by atoms with Gasteiger partial charge >= 0.3 is 0 Å². The van der Waals surface area contributed by atoms with Crippen LogP contribution >= 0.6 is 0 Å². The molecular formula is C15H17N3O2. The lowest BCUT2D eigenvalue weighted by Gasteiger charge is -2.33. The van der Waals surface area contributed by atoms with Crippen LogP contribution in [0.4, 0.5) is 0 Å². The molecule has 0 aliphatic carbocycles. The molecule has 3 rings (SSSR count). The highest BCUT2D eigenvalue weighted by atomic mass is 16.5. The molecule has 1 fully saturated rings. The summed E-state index contributed by atoms with van der Waals surface area (Å²) >= 11 is 0. The summed E-state index contributed by atoms with van der Waals surface area (Å²) in [6.07, 6.45) is 0. The van der Waals surface area contributed by atoms with Crippen molar-refractivity contribution in [3.05, 3.63) is 42.2 Å². The van der Waals surface area contributed by atoms with Gasteiger partial charge in [0.05, 0.1) is 0 Å². The third-order valence-corrected chi connectivity index (χ3v) is 3.55. The van der Waals surface area contributed by atoms with Gasteiger partial charge in [-0.05, 0) is 6.92 Å². The van der Waals surface area contributed by atoms with Gasteiger partial charge in [-0.2, -0.15) is 0 Å². The zero-order chi connectivity index (χ0) is 13.9. The number of hydrogen-bond acceptors (Lipinski definition) is 4. The largest absolute Gasteiger partial charge is 0.350 e. The third kappa shape index (κ3) is 2.44. The van der Waals surface area contributed by atoms with Crippen LogP contribution in [0.3, 0.4) is 0 Å². The zero-order valence-electron chi connectivity index (χ0n) is 11.4. The first-order valence-corrected chi connectivity index (χ1v) is 6.79. The Morgan fingerprint density at radius 2 is 2.20 bits per heavy atom. The second-order valence-electron chi connectivity index (χ2n) is 4.99. The topological polar surface area (TPSA) is 58.4 Å². The number of carbonyl (C=O) groups is 1. The Hall–Kier alpha value is -2.14. The van der Waals surface area contributed by atoms with Crippen molar-refractivity contribution in [3.8, 4) is 11.3 Å². The summed E-state index contributed by atoms with van der Waals surface area (Å²) < 4.78 is 5.22. The van der Waals surface area contributed by atoms with Gasteiger partial charge in [0.2, 0.25) is 5.76 Å². The van der Waals surface area contributed by atoms with Gasteiger partial charge in [0.15, 0.2) is 0 Å². The molecule has 2 heterocycles.